The zero-order valence-electron chi connectivity index (χ0n) is 5.10. The quantitative estimate of drug-likeness (QED) is 0.608. The molecule has 0 bridgehead atoms. The fourth-order valence-corrected chi connectivity index (χ4v) is 1.52. The van der Waals surface area contributed by atoms with Crippen LogP contribution in [0.15, 0.2) is 23.1 Å². The van der Waals surface area contributed by atoms with Gasteiger partial charge in [-0.2, -0.15) is 0 Å². The average Bonchev–Trinajstić information content (AvgIpc) is 1.94. The minimum Gasteiger partial charge on any atom is -0.124 e. The van der Waals surface area contributed by atoms with E-state index in [1.54, 1.807) is 18.2 Å². The Morgan fingerprint density at radius 3 is 2.50 bits per heavy atom. The van der Waals surface area contributed by atoms with Crippen molar-refractivity contribution in [3.05, 3.63) is 34.5 Å². The van der Waals surface area contributed by atoms with Gasteiger partial charge in [-0.25, -0.2) is 0 Å². The van der Waals surface area contributed by atoms with Gasteiger partial charge in [0.25, 0.3) is 0 Å². The molecule has 53 valence electrons. The van der Waals surface area contributed by atoms with Gasteiger partial charge in [-0.3, -0.25) is 0 Å². The van der Waals surface area contributed by atoms with Crippen LogP contribution in [0, 0.1) is 6.26 Å². The number of hydrogen-bond acceptors (Lipinski definition) is 1. The summed E-state index contributed by atoms with van der Waals surface area (Å²) in [6.45, 7) is 0. The molecule has 0 saturated heterocycles. The van der Waals surface area contributed by atoms with E-state index in [9.17, 15) is 0 Å². The lowest BCUT2D eigenvalue weighted by Gasteiger charge is -1.98. The molecular weight excluding hydrogens is 187 g/mol. The Morgan fingerprint density at radius 2 is 2.00 bits per heavy atom. The Bertz CT molecular complexity index is 235. The highest BCUT2D eigenvalue weighted by Crippen LogP contribution is 2.28. The van der Waals surface area contributed by atoms with Gasteiger partial charge < -0.3 is 0 Å². The SMILES string of the molecule is [CH2]Sc1cc(Cl)ccc1Cl. The van der Waals surface area contributed by atoms with Crippen LogP contribution in [0.2, 0.25) is 10.0 Å². The Hall–Kier alpha value is 0.150. The van der Waals surface area contributed by atoms with Gasteiger partial charge in [0.2, 0.25) is 0 Å². The summed E-state index contributed by atoms with van der Waals surface area (Å²) >= 11 is 12.8. The maximum Gasteiger partial charge on any atom is 0.0542 e. The summed E-state index contributed by atoms with van der Waals surface area (Å²) < 4.78 is 0. The van der Waals surface area contributed by atoms with E-state index in [0.717, 1.165) is 4.90 Å². The molecule has 0 fully saturated rings. The Kier molecular flexibility index (Phi) is 2.90. The first-order chi connectivity index (χ1) is 4.74. The van der Waals surface area contributed by atoms with Crippen molar-refractivity contribution in [2.75, 3.05) is 0 Å². The summed E-state index contributed by atoms with van der Waals surface area (Å²) in [5, 5.41) is 1.39. The van der Waals surface area contributed by atoms with E-state index in [4.69, 9.17) is 23.2 Å². The second-order valence-corrected chi connectivity index (χ2v) is 3.29. The first kappa shape index (κ1) is 8.25. The van der Waals surface area contributed by atoms with E-state index >= 15 is 0 Å². The van der Waals surface area contributed by atoms with E-state index < -0.39 is 0 Å². The van der Waals surface area contributed by atoms with Crippen LogP contribution in [0.1, 0.15) is 0 Å². The summed E-state index contributed by atoms with van der Waals surface area (Å²) in [6, 6.07) is 5.31. The van der Waals surface area contributed by atoms with Crippen LogP contribution < -0.4 is 0 Å². The predicted octanol–water partition coefficient (Wildman–Crippen LogP) is 3.88. The van der Waals surface area contributed by atoms with Gasteiger partial charge >= 0.3 is 0 Å². The molecule has 1 aromatic rings. The second kappa shape index (κ2) is 3.51. The third-order valence-corrected chi connectivity index (χ3v) is 2.37. The molecule has 0 aliphatic carbocycles. The fourth-order valence-electron chi connectivity index (χ4n) is 0.588. The first-order valence-electron chi connectivity index (χ1n) is 2.61. The summed E-state index contributed by atoms with van der Waals surface area (Å²) in [4.78, 5) is 0.911. The third kappa shape index (κ3) is 1.82. The molecule has 3 heteroatoms. The van der Waals surface area contributed by atoms with Gasteiger partial charge in [0, 0.05) is 16.2 Å². The van der Waals surface area contributed by atoms with E-state index in [0.29, 0.717) is 10.0 Å². The third-order valence-electron chi connectivity index (χ3n) is 1.05. The van der Waals surface area contributed by atoms with Crippen LogP contribution in [-0.2, 0) is 0 Å². The van der Waals surface area contributed by atoms with Crippen LogP contribution in [0.3, 0.4) is 0 Å². The number of thioether (sulfide) groups is 1. The molecule has 0 spiro atoms. The monoisotopic (exact) mass is 191 g/mol. The van der Waals surface area contributed by atoms with Crippen molar-refractivity contribution < 1.29 is 0 Å². The molecule has 1 rings (SSSR count). The molecule has 0 saturated carbocycles. The van der Waals surface area contributed by atoms with Crippen LogP contribution >= 0.6 is 35.0 Å². The second-order valence-electron chi connectivity index (χ2n) is 1.72. The molecule has 0 aliphatic heterocycles. The van der Waals surface area contributed by atoms with Crippen molar-refractivity contribution in [2.45, 2.75) is 4.90 Å². The highest BCUT2D eigenvalue weighted by atomic mass is 35.5. The molecule has 0 nitrogen and oxygen atoms in total. The number of benzene rings is 1. The summed E-state index contributed by atoms with van der Waals surface area (Å²) in [5.74, 6) is 0. The molecule has 0 aromatic heterocycles. The lowest BCUT2D eigenvalue weighted by molar-refractivity contribution is 1.47. The van der Waals surface area contributed by atoms with Gasteiger partial charge in [0.1, 0.15) is 0 Å². The standard InChI is InChI=1S/C7H5Cl2S/c1-10-7-4-5(8)2-3-6(7)9/h2-4H,1H2. The summed E-state index contributed by atoms with van der Waals surface area (Å²) in [7, 11) is 0. The molecule has 1 radical (unpaired) electrons. The highest BCUT2D eigenvalue weighted by Gasteiger charge is 1.97. The molecule has 0 heterocycles. The van der Waals surface area contributed by atoms with E-state index in [-0.39, 0.29) is 0 Å². The predicted molar refractivity (Wildman–Crippen MR) is 47.7 cm³/mol. The molecule has 0 amide bonds. The zero-order chi connectivity index (χ0) is 7.56. The van der Waals surface area contributed by atoms with Crippen molar-refractivity contribution in [2.24, 2.45) is 0 Å². The van der Waals surface area contributed by atoms with Crippen molar-refractivity contribution in [3.63, 3.8) is 0 Å². The number of rotatable bonds is 1. The molecular formula is C7H5Cl2S. The van der Waals surface area contributed by atoms with Crippen molar-refractivity contribution in [3.8, 4) is 0 Å². The van der Waals surface area contributed by atoms with E-state index in [1.165, 1.54) is 11.8 Å². The summed E-state index contributed by atoms with van der Waals surface area (Å²) in [6.07, 6.45) is 3.63. The minimum absolute atomic E-state index is 0.690. The van der Waals surface area contributed by atoms with Crippen LogP contribution in [-0.4, -0.2) is 0 Å². The first-order valence-corrected chi connectivity index (χ1v) is 4.35. The largest absolute Gasteiger partial charge is 0.124 e. The molecule has 0 atom stereocenters. The van der Waals surface area contributed by atoms with Gasteiger partial charge in [-0.05, 0) is 18.2 Å². The van der Waals surface area contributed by atoms with Crippen LogP contribution in [0.4, 0.5) is 0 Å². The highest BCUT2D eigenvalue weighted by molar-refractivity contribution is 8.00. The Labute approximate surface area is 74.5 Å². The average molecular weight is 192 g/mol. The zero-order valence-corrected chi connectivity index (χ0v) is 7.43. The smallest absolute Gasteiger partial charge is 0.0542 e. The van der Waals surface area contributed by atoms with Crippen molar-refractivity contribution in [1.82, 2.24) is 0 Å². The van der Waals surface area contributed by atoms with E-state index in [2.05, 4.69) is 6.26 Å². The molecule has 0 unspecified atom stereocenters. The number of halogens is 2. The maximum atomic E-state index is 5.78. The molecule has 1 aromatic carbocycles. The normalized spacial score (nSPS) is 9.90. The Balaban J connectivity index is 3.09. The summed E-state index contributed by atoms with van der Waals surface area (Å²) in [5.41, 5.74) is 0. The Morgan fingerprint density at radius 1 is 1.30 bits per heavy atom. The van der Waals surface area contributed by atoms with Crippen LogP contribution in [0.5, 0.6) is 0 Å². The van der Waals surface area contributed by atoms with Gasteiger partial charge in [-0.15, -0.1) is 11.8 Å². The lowest BCUT2D eigenvalue weighted by Crippen LogP contribution is -1.70. The van der Waals surface area contributed by atoms with Crippen LogP contribution in [0.25, 0.3) is 0 Å². The molecule has 10 heavy (non-hydrogen) atoms. The maximum absolute atomic E-state index is 5.78. The van der Waals surface area contributed by atoms with E-state index in [1.807, 2.05) is 0 Å². The van der Waals surface area contributed by atoms with Gasteiger partial charge in [0.05, 0.1) is 5.02 Å². The minimum atomic E-state index is 0.690. The van der Waals surface area contributed by atoms with Crippen molar-refractivity contribution >= 4 is 35.0 Å². The fraction of sp³-hybridized carbons (Fsp3) is 0. The molecule has 0 N–H and O–H groups in total. The number of hydrogen-bond donors (Lipinski definition) is 0. The van der Waals surface area contributed by atoms with Gasteiger partial charge in [0.15, 0.2) is 0 Å². The molecule has 0 aliphatic rings. The topological polar surface area (TPSA) is 0 Å². The van der Waals surface area contributed by atoms with Crippen molar-refractivity contribution in [1.29, 1.82) is 0 Å². The lowest BCUT2D eigenvalue weighted by atomic mass is 10.4. The van der Waals surface area contributed by atoms with Gasteiger partial charge in [-0.1, -0.05) is 23.2 Å².